The molecule has 0 atom stereocenters. The minimum absolute atomic E-state index is 0.0168. The van der Waals surface area contributed by atoms with Gasteiger partial charge in [-0.1, -0.05) is 17.7 Å². The van der Waals surface area contributed by atoms with Gasteiger partial charge in [0.15, 0.2) is 5.69 Å². The fraction of sp³-hybridized carbons (Fsp3) is 0.0769. The number of hydrogen-bond donors (Lipinski definition) is 2. The Morgan fingerprint density at radius 3 is 2.89 bits per heavy atom. The Hall–Kier alpha value is -2.07. The Balaban J connectivity index is 2.27. The zero-order valence-electron chi connectivity index (χ0n) is 9.64. The third-order valence-electron chi connectivity index (χ3n) is 2.45. The summed E-state index contributed by atoms with van der Waals surface area (Å²) in [7, 11) is 0. The molecule has 0 spiro atoms. The van der Waals surface area contributed by atoms with E-state index in [1.54, 1.807) is 24.3 Å². The maximum absolute atomic E-state index is 11.9. The minimum atomic E-state index is -0.474. The molecule has 1 amide bonds. The molecule has 2 rings (SSSR count). The van der Waals surface area contributed by atoms with Gasteiger partial charge in [0.25, 0.3) is 5.91 Å². The molecule has 5 heteroatoms. The van der Waals surface area contributed by atoms with Crippen LogP contribution < -0.4 is 5.32 Å². The number of carbonyl (C=O) groups is 1. The summed E-state index contributed by atoms with van der Waals surface area (Å²) in [4.78, 5) is 15.8. The zero-order chi connectivity index (χ0) is 13.1. The maximum Gasteiger partial charge on any atom is 0.278 e. The van der Waals surface area contributed by atoms with E-state index in [1.807, 2.05) is 6.92 Å². The zero-order valence-corrected chi connectivity index (χ0v) is 10.4. The van der Waals surface area contributed by atoms with Crippen LogP contribution in [-0.2, 0) is 0 Å². The lowest BCUT2D eigenvalue weighted by molar-refractivity contribution is 0.101. The van der Waals surface area contributed by atoms with Gasteiger partial charge in [-0.3, -0.25) is 4.79 Å². The van der Waals surface area contributed by atoms with E-state index in [0.717, 1.165) is 5.56 Å². The van der Waals surface area contributed by atoms with E-state index in [9.17, 15) is 9.90 Å². The summed E-state index contributed by atoms with van der Waals surface area (Å²) in [6.07, 6.45) is 1.44. The quantitative estimate of drug-likeness (QED) is 0.875. The van der Waals surface area contributed by atoms with Crippen LogP contribution in [0.5, 0.6) is 5.75 Å². The molecule has 0 aliphatic heterocycles. The largest absolute Gasteiger partial charge is 0.505 e. The van der Waals surface area contributed by atoms with Gasteiger partial charge in [-0.25, -0.2) is 4.98 Å². The number of aryl methyl sites for hydroxylation is 1. The number of benzene rings is 1. The molecule has 2 N–H and O–H groups in total. The average Bonchev–Trinajstić information content (AvgIpc) is 2.34. The van der Waals surface area contributed by atoms with E-state index >= 15 is 0 Å². The number of halogens is 1. The first-order valence-electron chi connectivity index (χ1n) is 5.29. The third-order valence-corrected chi connectivity index (χ3v) is 2.68. The van der Waals surface area contributed by atoms with Crippen molar-refractivity contribution in [3.63, 3.8) is 0 Å². The Labute approximate surface area is 109 Å². The first-order valence-corrected chi connectivity index (χ1v) is 5.67. The van der Waals surface area contributed by atoms with Crippen LogP contribution in [0.1, 0.15) is 16.1 Å². The molecule has 2 aromatic rings. The lowest BCUT2D eigenvalue weighted by atomic mass is 10.2. The van der Waals surface area contributed by atoms with Crippen LogP contribution in [0.3, 0.4) is 0 Å². The second-order valence-corrected chi connectivity index (χ2v) is 4.22. The molecular formula is C13H11ClN2O2. The van der Waals surface area contributed by atoms with Crippen LogP contribution in [0.25, 0.3) is 0 Å². The van der Waals surface area contributed by atoms with E-state index in [1.165, 1.54) is 12.3 Å². The maximum atomic E-state index is 11.9. The third kappa shape index (κ3) is 2.60. The molecule has 4 nitrogen and oxygen atoms in total. The summed E-state index contributed by atoms with van der Waals surface area (Å²) in [5.41, 5.74) is 1.46. The number of amides is 1. The molecule has 0 saturated carbocycles. The van der Waals surface area contributed by atoms with Gasteiger partial charge < -0.3 is 10.4 Å². The molecule has 0 aliphatic rings. The summed E-state index contributed by atoms with van der Waals surface area (Å²) in [5, 5.41) is 12.7. The highest BCUT2D eigenvalue weighted by Crippen LogP contribution is 2.22. The second-order valence-electron chi connectivity index (χ2n) is 3.78. The highest BCUT2D eigenvalue weighted by molar-refractivity contribution is 6.31. The Bertz CT molecular complexity index is 599. The molecule has 0 saturated heterocycles. The van der Waals surface area contributed by atoms with Gasteiger partial charge >= 0.3 is 0 Å². The van der Waals surface area contributed by atoms with Gasteiger partial charge in [-0.05, 0) is 36.8 Å². The predicted molar refractivity (Wildman–Crippen MR) is 70.0 cm³/mol. The SMILES string of the molecule is Cc1ccc(Cl)cc1NC(=O)c1ncccc1O. The van der Waals surface area contributed by atoms with Gasteiger partial charge in [0.1, 0.15) is 5.75 Å². The van der Waals surface area contributed by atoms with Gasteiger partial charge in [0.2, 0.25) is 0 Å². The first-order chi connectivity index (χ1) is 8.58. The Morgan fingerprint density at radius 2 is 2.17 bits per heavy atom. The van der Waals surface area contributed by atoms with E-state index in [-0.39, 0.29) is 11.4 Å². The van der Waals surface area contributed by atoms with E-state index in [2.05, 4.69) is 10.3 Å². The Morgan fingerprint density at radius 1 is 1.39 bits per heavy atom. The molecule has 92 valence electrons. The van der Waals surface area contributed by atoms with Crippen molar-refractivity contribution in [1.29, 1.82) is 0 Å². The molecular weight excluding hydrogens is 252 g/mol. The number of pyridine rings is 1. The van der Waals surface area contributed by atoms with Gasteiger partial charge in [-0.15, -0.1) is 0 Å². The molecule has 18 heavy (non-hydrogen) atoms. The summed E-state index contributed by atoms with van der Waals surface area (Å²) in [6, 6.07) is 8.15. The molecule has 0 aliphatic carbocycles. The van der Waals surface area contributed by atoms with Crippen molar-refractivity contribution in [3.05, 3.63) is 52.8 Å². The second kappa shape index (κ2) is 5.06. The number of nitrogens with zero attached hydrogens (tertiary/aromatic N) is 1. The summed E-state index contributed by atoms with van der Waals surface area (Å²) in [6.45, 7) is 1.85. The number of anilines is 1. The van der Waals surface area contributed by atoms with E-state index < -0.39 is 5.91 Å². The normalized spacial score (nSPS) is 10.1. The predicted octanol–water partition coefficient (Wildman–Crippen LogP) is 3.00. The number of aromatic hydroxyl groups is 1. The lowest BCUT2D eigenvalue weighted by Gasteiger charge is -2.09. The molecule has 0 radical (unpaired) electrons. The van der Waals surface area contributed by atoms with Gasteiger partial charge in [0, 0.05) is 16.9 Å². The summed E-state index contributed by atoms with van der Waals surface area (Å²) in [5.74, 6) is -0.631. The van der Waals surface area contributed by atoms with Crippen molar-refractivity contribution in [2.75, 3.05) is 5.32 Å². The number of aromatic nitrogens is 1. The van der Waals surface area contributed by atoms with Crippen LogP contribution in [-0.4, -0.2) is 16.0 Å². The topological polar surface area (TPSA) is 62.2 Å². The summed E-state index contributed by atoms with van der Waals surface area (Å²) < 4.78 is 0. The molecule has 0 bridgehead atoms. The van der Waals surface area contributed by atoms with Crippen molar-refractivity contribution >= 4 is 23.2 Å². The average molecular weight is 263 g/mol. The standard InChI is InChI=1S/C13H11ClN2O2/c1-8-4-5-9(14)7-10(8)16-13(18)12-11(17)3-2-6-15-12/h2-7,17H,1H3,(H,16,18). The fourth-order valence-corrected chi connectivity index (χ4v) is 1.65. The van der Waals surface area contributed by atoms with Gasteiger partial charge in [0.05, 0.1) is 0 Å². The van der Waals surface area contributed by atoms with Crippen molar-refractivity contribution in [2.45, 2.75) is 6.92 Å². The Kier molecular flexibility index (Phi) is 3.48. The smallest absolute Gasteiger partial charge is 0.278 e. The lowest BCUT2D eigenvalue weighted by Crippen LogP contribution is -2.14. The summed E-state index contributed by atoms with van der Waals surface area (Å²) >= 11 is 5.86. The van der Waals surface area contributed by atoms with Crippen LogP contribution in [0, 0.1) is 6.92 Å². The van der Waals surface area contributed by atoms with Crippen molar-refractivity contribution in [1.82, 2.24) is 4.98 Å². The molecule has 0 unspecified atom stereocenters. The minimum Gasteiger partial charge on any atom is -0.505 e. The highest BCUT2D eigenvalue weighted by Gasteiger charge is 2.13. The molecule has 1 aromatic carbocycles. The first kappa shape index (κ1) is 12.4. The van der Waals surface area contributed by atoms with E-state index in [4.69, 9.17) is 11.6 Å². The number of carbonyl (C=O) groups excluding carboxylic acids is 1. The van der Waals surface area contributed by atoms with Crippen molar-refractivity contribution in [2.24, 2.45) is 0 Å². The molecule has 0 fully saturated rings. The van der Waals surface area contributed by atoms with Gasteiger partial charge in [-0.2, -0.15) is 0 Å². The van der Waals surface area contributed by atoms with Crippen molar-refractivity contribution in [3.8, 4) is 5.75 Å². The number of nitrogens with one attached hydrogen (secondary N) is 1. The monoisotopic (exact) mass is 262 g/mol. The molecule has 1 heterocycles. The number of rotatable bonds is 2. The van der Waals surface area contributed by atoms with Crippen LogP contribution in [0.2, 0.25) is 5.02 Å². The van der Waals surface area contributed by atoms with Crippen molar-refractivity contribution < 1.29 is 9.90 Å². The van der Waals surface area contributed by atoms with Crippen LogP contribution in [0.15, 0.2) is 36.5 Å². The van der Waals surface area contributed by atoms with Crippen LogP contribution in [0.4, 0.5) is 5.69 Å². The number of hydrogen-bond acceptors (Lipinski definition) is 3. The molecule has 1 aromatic heterocycles. The van der Waals surface area contributed by atoms with E-state index in [0.29, 0.717) is 10.7 Å². The van der Waals surface area contributed by atoms with Crippen LogP contribution >= 0.6 is 11.6 Å². The highest BCUT2D eigenvalue weighted by atomic mass is 35.5. The fourth-order valence-electron chi connectivity index (χ4n) is 1.48.